The van der Waals surface area contributed by atoms with Crippen molar-refractivity contribution in [2.24, 2.45) is 5.73 Å². The van der Waals surface area contributed by atoms with E-state index in [1.54, 1.807) is 67.6 Å². The number of hydrogen-bond acceptors (Lipinski definition) is 7. The number of para-hydroxylation sites is 1. The van der Waals surface area contributed by atoms with Gasteiger partial charge in [0, 0.05) is 11.1 Å². The summed E-state index contributed by atoms with van der Waals surface area (Å²) < 4.78 is 37.2. The zero-order valence-corrected chi connectivity index (χ0v) is 19.9. The number of hydrogen-bond donors (Lipinski definition) is 1. The average Bonchev–Trinajstić information content (AvgIpc) is 2.84. The predicted molar refractivity (Wildman–Crippen MR) is 130 cm³/mol. The number of Topliss-reactive ketones (excluding diaryl/α,β-unsaturated/α-hetero) is 1. The van der Waals surface area contributed by atoms with E-state index in [0.717, 1.165) is 5.56 Å². The first kappa shape index (κ1) is 23.8. The van der Waals surface area contributed by atoms with Gasteiger partial charge in [0.2, 0.25) is 5.88 Å². The fourth-order valence-electron chi connectivity index (χ4n) is 3.90. The summed E-state index contributed by atoms with van der Waals surface area (Å²) in [7, 11) is -4.19. The van der Waals surface area contributed by atoms with Gasteiger partial charge in [0.25, 0.3) is 0 Å². The quantitative estimate of drug-likeness (QED) is 0.395. The van der Waals surface area contributed by atoms with Crippen molar-refractivity contribution in [3.63, 3.8) is 0 Å². The molecule has 7 nitrogen and oxygen atoms in total. The van der Waals surface area contributed by atoms with Crippen LogP contribution >= 0.6 is 0 Å². The maximum Gasteiger partial charge on any atom is 0.339 e. The lowest BCUT2D eigenvalue weighted by molar-refractivity contribution is 0.101. The molecule has 1 atom stereocenters. The lowest BCUT2D eigenvalue weighted by Gasteiger charge is -2.28. The SMILES string of the molecule is CC1=C(C(=O)c2ccccc2)C(c2ccccc2OS(=O)(=O)c2ccc(C)cc2)C(C#N)=C(N)O1. The number of allylic oxidation sites excluding steroid dienone is 3. The highest BCUT2D eigenvalue weighted by atomic mass is 32.2. The van der Waals surface area contributed by atoms with Crippen LogP contribution in [0.2, 0.25) is 0 Å². The van der Waals surface area contributed by atoms with E-state index in [1.807, 2.05) is 13.0 Å². The molecule has 2 N–H and O–H groups in total. The van der Waals surface area contributed by atoms with Gasteiger partial charge in [0.1, 0.15) is 28.0 Å². The Balaban J connectivity index is 1.85. The van der Waals surface area contributed by atoms with Crippen LogP contribution in [0.3, 0.4) is 0 Å². The number of nitrogens with two attached hydrogens (primary N) is 1. The van der Waals surface area contributed by atoms with Crippen LogP contribution in [0.4, 0.5) is 0 Å². The van der Waals surface area contributed by atoms with Crippen molar-refractivity contribution in [3.05, 3.63) is 118 Å². The fraction of sp³-hybridized carbons (Fsp3) is 0.111. The second kappa shape index (κ2) is 9.49. The Labute approximate surface area is 203 Å². The van der Waals surface area contributed by atoms with Gasteiger partial charge < -0.3 is 14.7 Å². The number of nitrogens with zero attached hydrogens (tertiary/aromatic N) is 1. The summed E-state index contributed by atoms with van der Waals surface area (Å²) in [5.41, 5.74) is 7.76. The molecule has 176 valence electrons. The zero-order chi connectivity index (χ0) is 25.2. The van der Waals surface area contributed by atoms with Crippen molar-refractivity contribution in [1.82, 2.24) is 0 Å². The molecule has 0 fully saturated rings. The molecule has 0 aromatic heterocycles. The Morgan fingerprint density at radius 1 is 0.971 bits per heavy atom. The maximum absolute atomic E-state index is 13.5. The normalized spacial score (nSPS) is 15.9. The van der Waals surface area contributed by atoms with E-state index in [4.69, 9.17) is 14.7 Å². The summed E-state index contributed by atoms with van der Waals surface area (Å²) in [4.78, 5) is 13.5. The third kappa shape index (κ3) is 4.67. The summed E-state index contributed by atoms with van der Waals surface area (Å²) in [6, 6.07) is 23.2. The van der Waals surface area contributed by atoms with Gasteiger partial charge in [-0.1, -0.05) is 66.2 Å². The molecule has 3 aromatic rings. The van der Waals surface area contributed by atoms with Crippen LogP contribution in [0.1, 0.15) is 34.3 Å². The van der Waals surface area contributed by atoms with Gasteiger partial charge in [-0.05, 0) is 32.0 Å². The molecule has 1 heterocycles. The monoisotopic (exact) mass is 486 g/mol. The summed E-state index contributed by atoms with van der Waals surface area (Å²) >= 11 is 0. The second-order valence-corrected chi connectivity index (χ2v) is 9.52. The van der Waals surface area contributed by atoms with Crippen LogP contribution in [0.5, 0.6) is 5.75 Å². The summed E-state index contributed by atoms with van der Waals surface area (Å²) in [5.74, 6) is -1.32. The predicted octanol–water partition coefficient (Wildman–Crippen LogP) is 4.73. The number of ketones is 1. The van der Waals surface area contributed by atoms with Crippen LogP contribution in [0, 0.1) is 18.3 Å². The van der Waals surface area contributed by atoms with Crippen LogP contribution in [-0.2, 0) is 14.9 Å². The van der Waals surface area contributed by atoms with Gasteiger partial charge in [-0.2, -0.15) is 13.7 Å². The lowest BCUT2D eigenvalue weighted by Crippen LogP contribution is -2.25. The first-order valence-corrected chi connectivity index (χ1v) is 12.1. The minimum Gasteiger partial charge on any atom is -0.445 e. The third-order valence-corrected chi connectivity index (χ3v) is 6.87. The van der Waals surface area contributed by atoms with Crippen molar-refractivity contribution in [2.45, 2.75) is 24.7 Å². The van der Waals surface area contributed by atoms with Crippen molar-refractivity contribution >= 4 is 15.9 Å². The van der Waals surface area contributed by atoms with Crippen molar-refractivity contribution < 1.29 is 22.1 Å². The van der Waals surface area contributed by atoms with Crippen LogP contribution in [0.15, 0.2) is 107 Å². The van der Waals surface area contributed by atoms with Gasteiger partial charge in [0.05, 0.1) is 11.5 Å². The average molecular weight is 487 g/mol. The third-order valence-electron chi connectivity index (χ3n) is 5.63. The topological polar surface area (TPSA) is 119 Å². The molecule has 4 rings (SSSR count). The molecular weight excluding hydrogens is 464 g/mol. The van der Waals surface area contributed by atoms with E-state index in [-0.39, 0.29) is 39.2 Å². The molecule has 0 amide bonds. The van der Waals surface area contributed by atoms with Crippen LogP contribution in [0.25, 0.3) is 0 Å². The Bertz CT molecular complexity index is 1500. The molecule has 8 heteroatoms. The van der Waals surface area contributed by atoms with Gasteiger partial charge in [-0.3, -0.25) is 4.79 Å². The molecule has 35 heavy (non-hydrogen) atoms. The van der Waals surface area contributed by atoms with Gasteiger partial charge in [0.15, 0.2) is 5.78 Å². The molecule has 0 saturated heterocycles. The second-order valence-electron chi connectivity index (χ2n) is 7.98. The maximum atomic E-state index is 13.5. The number of aryl methyl sites for hydroxylation is 1. The molecule has 1 unspecified atom stereocenters. The summed E-state index contributed by atoms with van der Waals surface area (Å²) in [6.45, 7) is 3.43. The Morgan fingerprint density at radius 2 is 1.60 bits per heavy atom. The molecule has 0 radical (unpaired) electrons. The van der Waals surface area contributed by atoms with Crippen molar-refractivity contribution in [1.29, 1.82) is 5.26 Å². The molecule has 0 saturated carbocycles. The van der Waals surface area contributed by atoms with E-state index >= 15 is 0 Å². The highest BCUT2D eigenvalue weighted by Gasteiger charge is 2.37. The molecule has 0 spiro atoms. The van der Waals surface area contributed by atoms with Gasteiger partial charge in [-0.15, -0.1) is 0 Å². The number of benzene rings is 3. The largest absolute Gasteiger partial charge is 0.445 e. The Morgan fingerprint density at radius 3 is 2.26 bits per heavy atom. The molecule has 1 aliphatic rings. The van der Waals surface area contributed by atoms with E-state index in [1.165, 1.54) is 18.2 Å². The minimum atomic E-state index is -4.19. The van der Waals surface area contributed by atoms with Crippen LogP contribution < -0.4 is 9.92 Å². The molecule has 0 aliphatic carbocycles. The van der Waals surface area contributed by atoms with Gasteiger partial charge in [-0.25, -0.2) is 0 Å². The van der Waals surface area contributed by atoms with E-state index in [0.29, 0.717) is 11.1 Å². The highest BCUT2D eigenvalue weighted by Crippen LogP contribution is 2.44. The number of carbonyl (C=O) groups excluding carboxylic acids is 1. The standard InChI is InChI=1S/C27H22N2O5S/c1-17-12-14-20(15-13-17)35(31,32)34-23-11-7-6-10-21(23)25-22(16-28)27(29)33-18(2)24(25)26(30)19-8-4-3-5-9-19/h3-15,25H,29H2,1-2H3. The van der Waals surface area contributed by atoms with E-state index in [2.05, 4.69) is 0 Å². The number of rotatable bonds is 6. The zero-order valence-electron chi connectivity index (χ0n) is 19.1. The lowest BCUT2D eigenvalue weighted by atomic mass is 9.79. The first-order valence-electron chi connectivity index (χ1n) is 10.7. The molecule has 0 bridgehead atoms. The number of carbonyl (C=O) groups is 1. The van der Waals surface area contributed by atoms with Crippen LogP contribution in [-0.4, -0.2) is 14.2 Å². The minimum absolute atomic E-state index is 0.0151. The molecular formula is C27H22N2O5S. The number of nitriles is 1. The van der Waals surface area contributed by atoms with E-state index < -0.39 is 16.0 Å². The smallest absolute Gasteiger partial charge is 0.339 e. The summed E-state index contributed by atoms with van der Waals surface area (Å²) in [5, 5.41) is 9.92. The Kier molecular flexibility index (Phi) is 6.45. The van der Waals surface area contributed by atoms with Gasteiger partial charge >= 0.3 is 10.1 Å². The Hall–Kier alpha value is -4.35. The van der Waals surface area contributed by atoms with E-state index in [9.17, 15) is 18.5 Å². The molecule has 3 aromatic carbocycles. The van der Waals surface area contributed by atoms with Crippen molar-refractivity contribution in [3.8, 4) is 11.8 Å². The number of ether oxygens (including phenoxy) is 1. The highest BCUT2D eigenvalue weighted by molar-refractivity contribution is 7.87. The molecule has 1 aliphatic heterocycles. The summed E-state index contributed by atoms with van der Waals surface area (Å²) in [6.07, 6.45) is 0. The van der Waals surface area contributed by atoms with Crippen molar-refractivity contribution in [2.75, 3.05) is 0 Å². The fourth-order valence-corrected chi connectivity index (χ4v) is 4.85. The first-order chi connectivity index (χ1) is 16.7.